The van der Waals surface area contributed by atoms with Crippen LogP contribution in [-0.2, 0) is 13.0 Å². The first-order valence-electron chi connectivity index (χ1n) is 6.42. The molecule has 1 aromatic carbocycles. The first-order chi connectivity index (χ1) is 10.1. The van der Waals surface area contributed by atoms with E-state index in [0.717, 1.165) is 12.0 Å². The summed E-state index contributed by atoms with van der Waals surface area (Å²) in [7, 11) is 0. The smallest absolute Gasteiger partial charge is 0.289 e. The number of anilines is 1. The van der Waals surface area contributed by atoms with Crippen LogP contribution in [-0.4, -0.2) is 16.5 Å². The van der Waals surface area contributed by atoms with Crippen molar-refractivity contribution in [1.82, 2.24) is 4.98 Å². The molecule has 7 heteroatoms. The number of aromatic nitrogens is 1. The summed E-state index contributed by atoms with van der Waals surface area (Å²) in [4.78, 5) is 14.0. The zero-order valence-corrected chi connectivity index (χ0v) is 12.0. The molecule has 0 saturated carbocycles. The van der Waals surface area contributed by atoms with Crippen LogP contribution in [0, 0.1) is 10.1 Å². The Balaban J connectivity index is 2.01. The number of nitrogens with one attached hydrogen (secondary N) is 1. The van der Waals surface area contributed by atoms with Crippen LogP contribution < -0.4 is 11.1 Å². The van der Waals surface area contributed by atoms with Gasteiger partial charge in [-0.3, -0.25) is 10.1 Å². The average Bonchev–Trinajstić information content (AvgIpc) is 2.47. The summed E-state index contributed by atoms with van der Waals surface area (Å²) < 4.78 is 0. The van der Waals surface area contributed by atoms with Gasteiger partial charge in [0, 0.05) is 12.6 Å². The maximum absolute atomic E-state index is 10.6. The number of halogens is 1. The molecule has 0 aliphatic rings. The monoisotopic (exact) mass is 306 g/mol. The van der Waals surface area contributed by atoms with Crippen molar-refractivity contribution in [3.8, 4) is 0 Å². The third-order valence-corrected chi connectivity index (χ3v) is 3.24. The molecule has 0 aliphatic carbocycles. The summed E-state index contributed by atoms with van der Waals surface area (Å²) in [6, 6.07) is 9.32. The Labute approximate surface area is 127 Å². The molecular weight excluding hydrogens is 292 g/mol. The van der Waals surface area contributed by atoms with Gasteiger partial charge < -0.3 is 11.1 Å². The summed E-state index contributed by atoms with van der Waals surface area (Å²) in [6.45, 7) is 1.16. The second-order valence-electron chi connectivity index (χ2n) is 4.49. The predicted molar refractivity (Wildman–Crippen MR) is 82.4 cm³/mol. The van der Waals surface area contributed by atoms with Crippen LogP contribution >= 0.6 is 11.6 Å². The Hall–Kier alpha value is -2.18. The van der Waals surface area contributed by atoms with Gasteiger partial charge in [0.25, 0.3) is 5.69 Å². The van der Waals surface area contributed by atoms with Crippen molar-refractivity contribution in [2.45, 2.75) is 13.0 Å². The van der Waals surface area contributed by atoms with Crippen molar-refractivity contribution >= 4 is 23.1 Å². The van der Waals surface area contributed by atoms with E-state index >= 15 is 0 Å². The maximum Gasteiger partial charge on any atom is 0.289 e. The van der Waals surface area contributed by atoms with Gasteiger partial charge in [-0.1, -0.05) is 35.9 Å². The molecule has 1 heterocycles. The minimum absolute atomic E-state index is 0.128. The molecule has 0 unspecified atom stereocenters. The highest BCUT2D eigenvalue weighted by Gasteiger charge is 2.10. The third-order valence-electron chi connectivity index (χ3n) is 2.95. The highest BCUT2D eigenvalue weighted by atomic mass is 35.5. The van der Waals surface area contributed by atoms with Gasteiger partial charge >= 0.3 is 0 Å². The van der Waals surface area contributed by atoms with Gasteiger partial charge in [-0.25, -0.2) is 4.98 Å². The fourth-order valence-electron chi connectivity index (χ4n) is 1.83. The normalized spacial score (nSPS) is 10.4. The standard InChI is InChI=1S/C14H15ClN4O2/c15-13-7-12(19(20)21)9-18-14(13)17-8-11-3-1-10(2-4-11)5-6-16/h1-4,7,9H,5-6,8,16H2,(H,17,18). The number of nitro groups is 1. The number of pyridine rings is 1. The van der Waals surface area contributed by atoms with Crippen LogP contribution in [0.25, 0.3) is 0 Å². The molecule has 0 amide bonds. The Kier molecular flexibility index (Phi) is 5.08. The topological polar surface area (TPSA) is 94.1 Å². The van der Waals surface area contributed by atoms with Gasteiger partial charge in [-0.05, 0) is 24.1 Å². The lowest BCUT2D eigenvalue weighted by molar-refractivity contribution is -0.385. The first kappa shape index (κ1) is 15.2. The van der Waals surface area contributed by atoms with Gasteiger partial charge in [0.1, 0.15) is 12.0 Å². The van der Waals surface area contributed by atoms with E-state index in [2.05, 4.69) is 10.3 Å². The number of benzene rings is 1. The molecule has 0 radical (unpaired) electrons. The quantitative estimate of drug-likeness (QED) is 0.632. The van der Waals surface area contributed by atoms with Crippen molar-refractivity contribution < 1.29 is 4.92 Å². The van der Waals surface area contributed by atoms with E-state index in [4.69, 9.17) is 17.3 Å². The van der Waals surface area contributed by atoms with E-state index in [0.29, 0.717) is 18.9 Å². The van der Waals surface area contributed by atoms with Crippen molar-refractivity contribution in [2.24, 2.45) is 5.73 Å². The molecule has 2 aromatic rings. The van der Waals surface area contributed by atoms with Crippen molar-refractivity contribution in [2.75, 3.05) is 11.9 Å². The lowest BCUT2D eigenvalue weighted by Gasteiger charge is -2.08. The molecule has 0 fully saturated rings. The van der Waals surface area contributed by atoms with Gasteiger partial charge in [0.05, 0.1) is 9.95 Å². The second kappa shape index (κ2) is 7.01. The third kappa shape index (κ3) is 4.14. The first-order valence-corrected chi connectivity index (χ1v) is 6.79. The molecule has 0 atom stereocenters. The van der Waals surface area contributed by atoms with E-state index in [1.165, 1.54) is 17.8 Å². The highest BCUT2D eigenvalue weighted by molar-refractivity contribution is 6.33. The second-order valence-corrected chi connectivity index (χ2v) is 4.90. The largest absolute Gasteiger partial charge is 0.365 e. The zero-order chi connectivity index (χ0) is 15.2. The molecule has 0 bridgehead atoms. The van der Waals surface area contributed by atoms with E-state index in [9.17, 15) is 10.1 Å². The van der Waals surface area contributed by atoms with Crippen LogP contribution in [0.2, 0.25) is 5.02 Å². The molecule has 0 saturated heterocycles. The molecule has 6 nitrogen and oxygen atoms in total. The Morgan fingerprint density at radius 1 is 1.29 bits per heavy atom. The van der Waals surface area contributed by atoms with Gasteiger partial charge in [0.2, 0.25) is 0 Å². The van der Waals surface area contributed by atoms with Crippen LogP contribution in [0.3, 0.4) is 0 Å². The average molecular weight is 307 g/mol. The molecule has 0 spiro atoms. The number of nitrogens with two attached hydrogens (primary N) is 1. The summed E-state index contributed by atoms with van der Waals surface area (Å²) in [5, 5.41) is 13.9. The molecule has 110 valence electrons. The lowest BCUT2D eigenvalue weighted by Crippen LogP contribution is -2.04. The summed E-state index contributed by atoms with van der Waals surface area (Å²) in [5.74, 6) is 0.424. The van der Waals surface area contributed by atoms with Crippen LogP contribution in [0.1, 0.15) is 11.1 Å². The Morgan fingerprint density at radius 3 is 2.52 bits per heavy atom. The van der Waals surface area contributed by atoms with E-state index in [1.54, 1.807) is 0 Å². The number of rotatable bonds is 6. The molecule has 1 aromatic heterocycles. The minimum Gasteiger partial charge on any atom is -0.365 e. The fraction of sp³-hybridized carbons (Fsp3) is 0.214. The lowest BCUT2D eigenvalue weighted by atomic mass is 10.1. The molecule has 2 rings (SSSR count). The number of hydrogen-bond acceptors (Lipinski definition) is 5. The van der Waals surface area contributed by atoms with Crippen LogP contribution in [0.5, 0.6) is 0 Å². The van der Waals surface area contributed by atoms with Gasteiger partial charge in [-0.2, -0.15) is 0 Å². The predicted octanol–water partition coefficient (Wildman–Crippen LogP) is 2.76. The van der Waals surface area contributed by atoms with E-state index < -0.39 is 4.92 Å². The summed E-state index contributed by atoms with van der Waals surface area (Å²) in [5.41, 5.74) is 7.62. The maximum atomic E-state index is 10.6. The Morgan fingerprint density at radius 2 is 1.95 bits per heavy atom. The van der Waals surface area contributed by atoms with Crippen LogP contribution in [0.4, 0.5) is 11.5 Å². The molecule has 3 N–H and O–H groups in total. The molecule has 0 aliphatic heterocycles. The minimum atomic E-state index is -0.529. The number of nitrogens with zero attached hydrogens (tertiary/aromatic N) is 2. The van der Waals surface area contributed by atoms with Crippen LogP contribution in [0.15, 0.2) is 36.5 Å². The summed E-state index contributed by atoms with van der Waals surface area (Å²) in [6.07, 6.45) is 2.03. The van der Waals surface area contributed by atoms with Gasteiger partial charge in [-0.15, -0.1) is 0 Å². The Bertz CT molecular complexity index is 631. The summed E-state index contributed by atoms with van der Waals surface area (Å²) >= 11 is 5.96. The van der Waals surface area contributed by atoms with Crippen molar-refractivity contribution in [1.29, 1.82) is 0 Å². The molecular formula is C14H15ClN4O2. The number of hydrogen-bond donors (Lipinski definition) is 2. The van der Waals surface area contributed by atoms with Gasteiger partial charge in [0.15, 0.2) is 0 Å². The van der Waals surface area contributed by atoms with Crippen molar-refractivity contribution in [3.05, 3.63) is 62.8 Å². The SMILES string of the molecule is NCCc1ccc(CNc2ncc([N+](=O)[O-])cc2Cl)cc1. The zero-order valence-electron chi connectivity index (χ0n) is 11.3. The molecule has 21 heavy (non-hydrogen) atoms. The van der Waals surface area contributed by atoms with E-state index in [-0.39, 0.29) is 10.7 Å². The highest BCUT2D eigenvalue weighted by Crippen LogP contribution is 2.24. The fourth-order valence-corrected chi connectivity index (χ4v) is 2.06. The van der Waals surface area contributed by atoms with Crippen molar-refractivity contribution in [3.63, 3.8) is 0 Å². The van der Waals surface area contributed by atoms with E-state index in [1.807, 2.05) is 24.3 Å².